The molecule has 1 aromatic carbocycles. The highest BCUT2D eigenvalue weighted by Gasteiger charge is 2.24. The molecule has 1 heterocycles. The number of methoxy groups -OCH3 is 1. The number of carbonyl (C=O) groups is 1. The number of amides is 1. The molecule has 1 aliphatic carbocycles. The number of nitrogens with one attached hydrogen (secondary N) is 1. The molecule has 2 fully saturated rings. The monoisotopic (exact) mass is 411 g/mol. The summed E-state index contributed by atoms with van der Waals surface area (Å²) in [6, 6.07) is 5.05. The quantitative estimate of drug-likeness (QED) is 0.747. The van der Waals surface area contributed by atoms with Crippen LogP contribution in [0.3, 0.4) is 0 Å². The molecule has 28 heavy (non-hydrogen) atoms. The fraction of sp³-hybridized carbons (Fsp3) is 0.667. The standard InChI is InChI=1S/C21H31ClFN3O2/c1-28-15-21(27)24-19-4-2-16(3-5-19)6-7-25-8-10-26(11-9-25)20-13-17(22)12-18(23)14-20/h12-14,16,19H,2-11,15H2,1H3,(H,24,27). The molecule has 0 atom stereocenters. The van der Waals surface area contributed by atoms with E-state index < -0.39 is 0 Å². The molecule has 3 rings (SSSR count). The first kappa shape index (κ1) is 21.3. The van der Waals surface area contributed by atoms with Gasteiger partial charge in [0.05, 0.1) is 0 Å². The Labute approximate surface area is 172 Å². The van der Waals surface area contributed by atoms with Gasteiger partial charge in [-0.25, -0.2) is 4.39 Å². The van der Waals surface area contributed by atoms with Crippen molar-refractivity contribution in [1.82, 2.24) is 10.2 Å². The molecule has 2 aliphatic rings. The number of carbonyl (C=O) groups excluding carboxylic acids is 1. The maximum atomic E-state index is 13.6. The molecular formula is C21H31ClFN3O2. The summed E-state index contributed by atoms with van der Waals surface area (Å²) in [4.78, 5) is 16.3. The van der Waals surface area contributed by atoms with Crippen LogP contribution in [0.25, 0.3) is 0 Å². The van der Waals surface area contributed by atoms with Crippen LogP contribution in [-0.4, -0.2) is 63.3 Å². The summed E-state index contributed by atoms with van der Waals surface area (Å²) in [5.74, 6) is 0.456. The highest BCUT2D eigenvalue weighted by molar-refractivity contribution is 6.30. The summed E-state index contributed by atoms with van der Waals surface area (Å²) in [6.07, 6.45) is 5.70. The summed E-state index contributed by atoms with van der Waals surface area (Å²) in [6.45, 7) is 5.06. The van der Waals surface area contributed by atoms with Crippen molar-refractivity contribution < 1.29 is 13.9 Å². The summed E-state index contributed by atoms with van der Waals surface area (Å²) >= 11 is 5.98. The third-order valence-electron chi connectivity index (χ3n) is 5.93. The van der Waals surface area contributed by atoms with E-state index in [1.807, 2.05) is 6.07 Å². The number of benzene rings is 1. The second kappa shape index (κ2) is 10.4. The van der Waals surface area contributed by atoms with Gasteiger partial charge in [0.1, 0.15) is 12.4 Å². The molecule has 0 bridgehead atoms. The fourth-order valence-electron chi connectivity index (χ4n) is 4.31. The van der Waals surface area contributed by atoms with Gasteiger partial charge in [-0.15, -0.1) is 0 Å². The van der Waals surface area contributed by atoms with Crippen LogP contribution in [0.5, 0.6) is 0 Å². The summed E-state index contributed by atoms with van der Waals surface area (Å²) in [7, 11) is 1.55. The average molecular weight is 412 g/mol. The molecule has 0 spiro atoms. The number of halogens is 2. The average Bonchev–Trinajstić information content (AvgIpc) is 2.67. The van der Waals surface area contributed by atoms with Crippen LogP contribution in [0.1, 0.15) is 32.1 Å². The minimum atomic E-state index is -0.279. The molecule has 1 amide bonds. The van der Waals surface area contributed by atoms with Gasteiger partial charge in [-0.05, 0) is 62.8 Å². The van der Waals surface area contributed by atoms with Crippen molar-refractivity contribution in [2.24, 2.45) is 5.92 Å². The van der Waals surface area contributed by atoms with Crippen LogP contribution < -0.4 is 10.2 Å². The van der Waals surface area contributed by atoms with Gasteiger partial charge in [0.2, 0.25) is 5.91 Å². The molecule has 1 N–H and O–H groups in total. The maximum Gasteiger partial charge on any atom is 0.246 e. The van der Waals surface area contributed by atoms with Crippen LogP contribution in [0.2, 0.25) is 5.02 Å². The van der Waals surface area contributed by atoms with E-state index in [9.17, 15) is 9.18 Å². The van der Waals surface area contributed by atoms with Gasteiger partial charge in [0, 0.05) is 50.0 Å². The van der Waals surface area contributed by atoms with E-state index in [4.69, 9.17) is 16.3 Å². The Hall–Kier alpha value is -1.37. The lowest BCUT2D eigenvalue weighted by atomic mass is 9.84. The molecular weight excluding hydrogens is 381 g/mol. The third kappa shape index (κ3) is 6.33. The number of ether oxygens (including phenoxy) is 1. The topological polar surface area (TPSA) is 44.8 Å². The number of hydrogen-bond acceptors (Lipinski definition) is 4. The van der Waals surface area contributed by atoms with Crippen LogP contribution in [0.15, 0.2) is 18.2 Å². The Morgan fingerprint density at radius 3 is 2.54 bits per heavy atom. The second-order valence-corrected chi connectivity index (χ2v) is 8.40. The van der Waals surface area contributed by atoms with E-state index in [0.717, 1.165) is 57.2 Å². The molecule has 1 saturated heterocycles. The molecule has 0 aromatic heterocycles. The fourth-order valence-corrected chi connectivity index (χ4v) is 4.53. The lowest BCUT2D eigenvalue weighted by Gasteiger charge is -2.37. The van der Waals surface area contributed by atoms with E-state index in [2.05, 4.69) is 15.1 Å². The van der Waals surface area contributed by atoms with Crippen molar-refractivity contribution in [2.75, 3.05) is 51.3 Å². The second-order valence-electron chi connectivity index (χ2n) is 7.96. The van der Waals surface area contributed by atoms with Crippen molar-refractivity contribution in [3.63, 3.8) is 0 Å². The smallest absolute Gasteiger partial charge is 0.246 e. The number of anilines is 1. The first-order valence-electron chi connectivity index (χ1n) is 10.2. The maximum absolute atomic E-state index is 13.6. The number of hydrogen-bond donors (Lipinski definition) is 1. The molecule has 0 unspecified atom stereocenters. The Morgan fingerprint density at radius 2 is 1.89 bits per heavy atom. The molecule has 7 heteroatoms. The molecule has 156 valence electrons. The van der Waals surface area contributed by atoms with Gasteiger partial charge in [0.25, 0.3) is 0 Å². The van der Waals surface area contributed by atoms with Crippen LogP contribution in [-0.2, 0) is 9.53 Å². The number of piperazine rings is 1. The lowest BCUT2D eigenvalue weighted by molar-refractivity contribution is -0.125. The summed E-state index contributed by atoms with van der Waals surface area (Å²) in [5, 5.41) is 3.51. The molecule has 1 aliphatic heterocycles. The SMILES string of the molecule is COCC(=O)NC1CCC(CCN2CCN(c3cc(F)cc(Cl)c3)CC2)CC1. The predicted molar refractivity (Wildman–Crippen MR) is 110 cm³/mol. The van der Waals surface area contributed by atoms with Crippen molar-refractivity contribution in [1.29, 1.82) is 0 Å². The van der Waals surface area contributed by atoms with E-state index in [1.165, 1.54) is 25.3 Å². The van der Waals surface area contributed by atoms with Crippen LogP contribution >= 0.6 is 11.6 Å². The van der Waals surface area contributed by atoms with E-state index in [-0.39, 0.29) is 18.3 Å². The van der Waals surface area contributed by atoms with Gasteiger partial charge in [-0.3, -0.25) is 9.69 Å². The van der Waals surface area contributed by atoms with Gasteiger partial charge in [-0.2, -0.15) is 0 Å². The third-order valence-corrected chi connectivity index (χ3v) is 6.14. The zero-order chi connectivity index (χ0) is 19.9. The minimum absolute atomic E-state index is 0.0107. The highest BCUT2D eigenvalue weighted by Crippen LogP contribution is 2.28. The van der Waals surface area contributed by atoms with Gasteiger partial charge in [0.15, 0.2) is 0 Å². The van der Waals surface area contributed by atoms with E-state index in [0.29, 0.717) is 11.1 Å². The van der Waals surface area contributed by atoms with Crippen molar-refractivity contribution >= 4 is 23.2 Å². The molecule has 5 nitrogen and oxygen atoms in total. The molecule has 1 saturated carbocycles. The van der Waals surface area contributed by atoms with E-state index in [1.54, 1.807) is 13.2 Å². The summed E-state index contributed by atoms with van der Waals surface area (Å²) in [5.41, 5.74) is 0.874. The zero-order valence-corrected chi connectivity index (χ0v) is 17.4. The van der Waals surface area contributed by atoms with Gasteiger partial charge in [-0.1, -0.05) is 11.6 Å². The first-order chi connectivity index (χ1) is 13.5. The highest BCUT2D eigenvalue weighted by atomic mass is 35.5. The van der Waals surface area contributed by atoms with Crippen LogP contribution in [0.4, 0.5) is 10.1 Å². The number of rotatable bonds is 7. The lowest BCUT2D eigenvalue weighted by Crippen LogP contribution is -2.47. The van der Waals surface area contributed by atoms with Crippen LogP contribution in [0, 0.1) is 11.7 Å². The Bertz CT molecular complexity index is 624. The normalized spacial score (nSPS) is 23.6. The molecule has 1 aromatic rings. The Morgan fingerprint density at radius 1 is 1.18 bits per heavy atom. The number of nitrogens with zero attached hydrogens (tertiary/aromatic N) is 2. The Kier molecular flexibility index (Phi) is 7.94. The Balaban J connectivity index is 1.34. The van der Waals surface area contributed by atoms with Gasteiger partial charge >= 0.3 is 0 Å². The van der Waals surface area contributed by atoms with Crippen molar-refractivity contribution in [3.05, 3.63) is 29.0 Å². The van der Waals surface area contributed by atoms with Gasteiger partial charge < -0.3 is 15.0 Å². The van der Waals surface area contributed by atoms with Crippen molar-refractivity contribution in [3.8, 4) is 0 Å². The zero-order valence-electron chi connectivity index (χ0n) is 16.6. The largest absolute Gasteiger partial charge is 0.375 e. The van der Waals surface area contributed by atoms with E-state index >= 15 is 0 Å². The summed E-state index contributed by atoms with van der Waals surface area (Å²) < 4.78 is 18.4. The predicted octanol–water partition coefficient (Wildman–Crippen LogP) is 3.31. The first-order valence-corrected chi connectivity index (χ1v) is 10.6. The minimum Gasteiger partial charge on any atom is -0.375 e. The molecule has 0 radical (unpaired) electrons. The van der Waals surface area contributed by atoms with Crippen molar-refractivity contribution in [2.45, 2.75) is 38.1 Å².